The van der Waals surface area contributed by atoms with Crippen molar-refractivity contribution in [3.8, 4) is 11.5 Å². The minimum absolute atomic E-state index is 0.0345. The summed E-state index contributed by atoms with van der Waals surface area (Å²) in [6, 6.07) is 4.35. The molecule has 0 bridgehead atoms. The highest BCUT2D eigenvalue weighted by Gasteiger charge is 2.36. The van der Waals surface area contributed by atoms with E-state index in [-0.39, 0.29) is 18.1 Å². The van der Waals surface area contributed by atoms with Crippen molar-refractivity contribution in [3.63, 3.8) is 0 Å². The summed E-state index contributed by atoms with van der Waals surface area (Å²) in [4.78, 5) is 26.1. The number of rotatable bonds is 5. The molecule has 2 rings (SSSR count). The van der Waals surface area contributed by atoms with Crippen LogP contribution in [0.15, 0.2) is 18.2 Å². The highest BCUT2D eigenvalue weighted by atomic mass is 32.2. The maximum atomic E-state index is 12.5. The monoisotopic (exact) mass is 370 g/mol. The van der Waals surface area contributed by atoms with Crippen molar-refractivity contribution in [2.45, 2.75) is 19.4 Å². The van der Waals surface area contributed by atoms with Crippen LogP contribution in [0.1, 0.15) is 13.3 Å². The fraction of sp³-hybridized carbons (Fsp3) is 0.500. The number of methoxy groups -OCH3 is 2. The first-order valence-electron chi connectivity index (χ1n) is 7.85. The van der Waals surface area contributed by atoms with E-state index in [1.165, 1.54) is 19.1 Å². The number of anilines is 1. The van der Waals surface area contributed by atoms with Gasteiger partial charge in [-0.05, 0) is 25.5 Å². The van der Waals surface area contributed by atoms with Crippen LogP contribution in [0, 0.1) is 0 Å². The third-order valence-corrected chi connectivity index (χ3v) is 5.85. The largest absolute Gasteiger partial charge is 0.497 e. The van der Waals surface area contributed by atoms with Crippen LogP contribution >= 0.6 is 0 Å². The third kappa shape index (κ3) is 4.41. The normalized spacial score (nSPS) is 18.4. The molecule has 1 aliphatic heterocycles. The number of nitrogens with one attached hydrogen (secondary N) is 1. The van der Waals surface area contributed by atoms with Gasteiger partial charge in [0.15, 0.2) is 9.84 Å². The Bertz CT molecular complexity index is 762. The Balaban J connectivity index is 2.15. The number of hydrogen-bond acceptors (Lipinski definition) is 6. The Morgan fingerprint density at radius 2 is 2.00 bits per heavy atom. The summed E-state index contributed by atoms with van der Waals surface area (Å²) in [5, 5.41) is 2.51. The zero-order valence-electron chi connectivity index (χ0n) is 14.4. The first-order valence-corrected chi connectivity index (χ1v) is 9.67. The Hall–Kier alpha value is -2.29. The van der Waals surface area contributed by atoms with Crippen molar-refractivity contribution in [2.24, 2.45) is 0 Å². The highest BCUT2D eigenvalue weighted by Crippen LogP contribution is 2.29. The second-order valence-corrected chi connectivity index (χ2v) is 7.90. The van der Waals surface area contributed by atoms with Crippen molar-refractivity contribution in [1.82, 2.24) is 4.90 Å². The summed E-state index contributed by atoms with van der Waals surface area (Å²) in [5.74, 6) is -0.812. The van der Waals surface area contributed by atoms with Crippen molar-refractivity contribution >= 4 is 27.3 Å². The molecule has 0 saturated carbocycles. The average molecular weight is 370 g/mol. The highest BCUT2D eigenvalue weighted by molar-refractivity contribution is 7.91. The number of sulfone groups is 1. The van der Waals surface area contributed by atoms with Gasteiger partial charge in [-0.25, -0.2) is 8.42 Å². The summed E-state index contributed by atoms with van der Waals surface area (Å²) in [5.41, 5.74) is 0.301. The van der Waals surface area contributed by atoms with E-state index in [2.05, 4.69) is 5.32 Å². The van der Waals surface area contributed by atoms with Crippen LogP contribution < -0.4 is 14.8 Å². The smallest absolute Gasteiger partial charge is 0.314 e. The van der Waals surface area contributed by atoms with Crippen molar-refractivity contribution in [1.29, 1.82) is 0 Å². The van der Waals surface area contributed by atoms with E-state index in [1.54, 1.807) is 25.1 Å². The second kappa shape index (κ2) is 7.73. The summed E-state index contributed by atoms with van der Waals surface area (Å²) in [6.45, 7) is 1.96. The van der Waals surface area contributed by atoms with Gasteiger partial charge < -0.3 is 19.7 Å². The Labute approximate surface area is 147 Å². The molecule has 1 N–H and O–H groups in total. The summed E-state index contributed by atoms with van der Waals surface area (Å²) >= 11 is 0. The number of carbonyl (C=O) groups is 2. The van der Waals surface area contributed by atoms with E-state index in [0.717, 1.165) is 0 Å². The number of amides is 2. The molecule has 138 valence electrons. The minimum Gasteiger partial charge on any atom is -0.497 e. The lowest BCUT2D eigenvalue weighted by molar-refractivity contribution is -0.144. The first-order chi connectivity index (χ1) is 11.8. The van der Waals surface area contributed by atoms with E-state index in [0.29, 0.717) is 23.6 Å². The maximum Gasteiger partial charge on any atom is 0.314 e. The maximum absolute atomic E-state index is 12.5. The van der Waals surface area contributed by atoms with E-state index in [1.807, 2.05) is 0 Å². The molecule has 9 heteroatoms. The topological polar surface area (TPSA) is 102 Å². The predicted molar refractivity (Wildman–Crippen MR) is 92.6 cm³/mol. The van der Waals surface area contributed by atoms with E-state index >= 15 is 0 Å². The zero-order chi connectivity index (χ0) is 18.6. The molecule has 8 nitrogen and oxygen atoms in total. The van der Waals surface area contributed by atoms with E-state index in [4.69, 9.17) is 9.47 Å². The van der Waals surface area contributed by atoms with Crippen LogP contribution in [-0.2, 0) is 19.4 Å². The number of benzene rings is 1. The summed E-state index contributed by atoms with van der Waals surface area (Å²) < 4.78 is 33.5. The van der Waals surface area contributed by atoms with Gasteiger partial charge in [-0.1, -0.05) is 0 Å². The molecule has 1 atom stereocenters. The van der Waals surface area contributed by atoms with Gasteiger partial charge in [0.2, 0.25) is 0 Å². The Morgan fingerprint density at radius 1 is 1.28 bits per heavy atom. The minimum atomic E-state index is -3.15. The second-order valence-electron chi connectivity index (χ2n) is 5.67. The van der Waals surface area contributed by atoms with E-state index < -0.39 is 27.7 Å². The van der Waals surface area contributed by atoms with Crippen LogP contribution in [0.2, 0.25) is 0 Å². The zero-order valence-corrected chi connectivity index (χ0v) is 15.3. The lowest BCUT2D eigenvalue weighted by atomic mass is 10.2. The first kappa shape index (κ1) is 19.0. The molecular formula is C16H22N2O6S. The Kier molecular flexibility index (Phi) is 5.89. The average Bonchev–Trinajstić information content (AvgIpc) is 2.94. The van der Waals surface area contributed by atoms with Crippen LogP contribution in [0.3, 0.4) is 0 Å². The molecule has 1 aromatic carbocycles. The molecule has 25 heavy (non-hydrogen) atoms. The fourth-order valence-corrected chi connectivity index (χ4v) is 4.54. The molecule has 0 spiro atoms. The van der Waals surface area contributed by atoms with Crippen LogP contribution in [0.25, 0.3) is 0 Å². The molecule has 1 aromatic rings. The van der Waals surface area contributed by atoms with Crippen molar-refractivity contribution < 1.29 is 27.5 Å². The quantitative estimate of drug-likeness (QED) is 0.765. The van der Waals surface area contributed by atoms with E-state index in [9.17, 15) is 18.0 Å². The summed E-state index contributed by atoms with van der Waals surface area (Å²) in [6.07, 6.45) is 0.345. The molecule has 2 amide bonds. The number of ether oxygens (including phenoxy) is 2. The van der Waals surface area contributed by atoms with Gasteiger partial charge in [0, 0.05) is 18.7 Å². The molecular weight excluding hydrogens is 348 g/mol. The third-order valence-electron chi connectivity index (χ3n) is 4.10. The standard InChI is InChI=1S/C16H22N2O6S/c1-4-18(11-7-8-25(21,22)10-11)16(20)15(19)17-13-9-12(23-2)5-6-14(13)24-3/h5-6,9,11H,4,7-8,10H2,1-3H3,(H,17,19). The molecule has 0 aliphatic carbocycles. The Morgan fingerprint density at radius 3 is 2.52 bits per heavy atom. The van der Waals surface area contributed by atoms with Gasteiger partial charge in [0.25, 0.3) is 0 Å². The number of nitrogens with zero attached hydrogens (tertiary/aromatic N) is 1. The van der Waals surface area contributed by atoms with Crippen molar-refractivity contribution in [2.75, 3.05) is 37.6 Å². The molecule has 1 saturated heterocycles. The SMILES string of the molecule is CCN(C(=O)C(=O)Nc1cc(OC)ccc1OC)C1CCS(=O)(=O)C1. The van der Waals surface area contributed by atoms with Crippen LogP contribution in [0.5, 0.6) is 11.5 Å². The van der Waals surface area contributed by atoms with Gasteiger partial charge >= 0.3 is 11.8 Å². The molecule has 1 fully saturated rings. The molecule has 1 unspecified atom stereocenters. The molecule has 1 aliphatic rings. The number of likely N-dealkylation sites (N-methyl/N-ethyl adjacent to an activating group) is 1. The predicted octanol–water partition coefficient (Wildman–Crippen LogP) is 0.678. The molecule has 0 aromatic heterocycles. The molecule has 0 radical (unpaired) electrons. The lowest BCUT2D eigenvalue weighted by Gasteiger charge is -2.26. The fourth-order valence-electron chi connectivity index (χ4n) is 2.81. The number of carbonyl (C=O) groups excluding carboxylic acids is 2. The van der Waals surface area contributed by atoms with Gasteiger partial charge in [-0.2, -0.15) is 0 Å². The summed E-state index contributed by atoms with van der Waals surface area (Å²) in [7, 11) is -0.221. The van der Waals surface area contributed by atoms with Crippen LogP contribution in [0.4, 0.5) is 5.69 Å². The lowest BCUT2D eigenvalue weighted by Crippen LogP contribution is -2.46. The molecule has 1 heterocycles. The van der Waals surface area contributed by atoms with Gasteiger partial charge in [0.1, 0.15) is 11.5 Å². The van der Waals surface area contributed by atoms with Gasteiger partial charge in [-0.15, -0.1) is 0 Å². The van der Waals surface area contributed by atoms with Crippen LogP contribution in [-0.4, -0.2) is 63.4 Å². The number of hydrogen-bond donors (Lipinski definition) is 1. The van der Waals surface area contributed by atoms with Gasteiger partial charge in [-0.3, -0.25) is 9.59 Å². The van der Waals surface area contributed by atoms with Crippen molar-refractivity contribution in [3.05, 3.63) is 18.2 Å². The van der Waals surface area contributed by atoms with Gasteiger partial charge in [0.05, 0.1) is 31.4 Å².